The molecule has 0 fully saturated rings. The quantitative estimate of drug-likeness (QED) is 0.354. The summed E-state index contributed by atoms with van der Waals surface area (Å²) in [6.07, 6.45) is -1.09. The lowest BCUT2D eigenvalue weighted by molar-refractivity contribution is -0.384. The van der Waals surface area contributed by atoms with Gasteiger partial charge in [0.15, 0.2) is 5.78 Å². The molecule has 3 aromatic rings. The molecule has 3 rings (SSSR count). The number of nitrogens with one attached hydrogen (secondary N) is 1. The molecule has 0 aliphatic rings. The van der Waals surface area contributed by atoms with E-state index in [0.717, 1.165) is 12.1 Å². The first-order chi connectivity index (χ1) is 14.4. The first-order valence-electron chi connectivity index (χ1n) is 8.96. The zero-order valence-electron chi connectivity index (χ0n) is 15.6. The van der Waals surface area contributed by atoms with Gasteiger partial charge in [-0.1, -0.05) is 18.2 Å². The molecule has 0 saturated carbocycles. The smallest absolute Gasteiger partial charge is 0.269 e. The molecule has 8 heteroatoms. The van der Waals surface area contributed by atoms with E-state index in [0.29, 0.717) is 5.56 Å². The highest BCUT2D eigenvalue weighted by atomic mass is 19.1. The summed E-state index contributed by atoms with van der Waals surface area (Å²) in [5, 5.41) is 23.5. The monoisotopic (exact) mass is 408 g/mol. The second-order valence-corrected chi connectivity index (χ2v) is 6.46. The van der Waals surface area contributed by atoms with E-state index in [9.17, 15) is 29.2 Å². The van der Waals surface area contributed by atoms with Crippen LogP contribution in [0, 0.1) is 15.9 Å². The van der Waals surface area contributed by atoms with Gasteiger partial charge in [0.05, 0.1) is 16.6 Å². The number of aliphatic hydroxyl groups excluding tert-OH is 1. The number of carbonyl (C=O) groups is 2. The van der Waals surface area contributed by atoms with Crippen molar-refractivity contribution < 1.29 is 24.0 Å². The summed E-state index contributed by atoms with van der Waals surface area (Å²) in [6.45, 7) is -0.157. The Morgan fingerprint density at radius 1 is 0.967 bits per heavy atom. The summed E-state index contributed by atoms with van der Waals surface area (Å²) >= 11 is 0. The maximum atomic E-state index is 13.1. The van der Waals surface area contributed by atoms with Crippen LogP contribution in [0.25, 0.3) is 0 Å². The molecule has 0 spiro atoms. The molecule has 0 heterocycles. The van der Waals surface area contributed by atoms with E-state index >= 15 is 0 Å². The number of carbonyl (C=O) groups excluding carboxylic acids is 2. The van der Waals surface area contributed by atoms with Crippen LogP contribution in [0.4, 0.5) is 10.1 Å². The highest BCUT2D eigenvalue weighted by Gasteiger charge is 2.19. The van der Waals surface area contributed by atoms with E-state index in [1.807, 2.05) is 0 Å². The number of benzene rings is 3. The molecular weight excluding hydrogens is 391 g/mol. The Kier molecular flexibility index (Phi) is 6.29. The van der Waals surface area contributed by atoms with Crippen molar-refractivity contribution in [2.24, 2.45) is 0 Å². The molecule has 152 valence electrons. The van der Waals surface area contributed by atoms with Gasteiger partial charge in [0, 0.05) is 29.8 Å². The first kappa shape index (κ1) is 20.8. The predicted octanol–water partition coefficient (Wildman–Crippen LogP) is 3.43. The summed E-state index contributed by atoms with van der Waals surface area (Å²) in [5.74, 6) is -1.48. The highest BCUT2D eigenvalue weighted by Crippen LogP contribution is 2.18. The number of rotatable bonds is 7. The van der Waals surface area contributed by atoms with Gasteiger partial charge in [0.2, 0.25) is 0 Å². The number of ketones is 1. The minimum Gasteiger partial charge on any atom is -0.387 e. The Balaban J connectivity index is 1.72. The molecule has 0 unspecified atom stereocenters. The van der Waals surface area contributed by atoms with E-state index in [1.165, 1.54) is 48.5 Å². The third-order valence-electron chi connectivity index (χ3n) is 4.47. The second kappa shape index (κ2) is 9.06. The number of nitro groups is 1. The summed E-state index contributed by atoms with van der Waals surface area (Å²) in [7, 11) is 0. The van der Waals surface area contributed by atoms with E-state index in [4.69, 9.17) is 0 Å². The first-order valence-corrected chi connectivity index (χ1v) is 8.96. The van der Waals surface area contributed by atoms with Crippen molar-refractivity contribution in [2.45, 2.75) is 6.10 Å². The fraction of sp³-hybridized carbons (Fsp3) is 0.0909. The summed E-state index contributed by atoms with van der Waals surface area (Å²) < 4.78 is 13.1. The van der Waals surface area contributed by atoms with Crippen LogP contribution in [0.2, 0.25) is 0 Å². The van der Waals surface area contributed by atoms with E-state index < -0.39 is 28.5 Å². The van der Waals surface area contributed by atoms with Gasteiger partial charge in [0.25, 0.3) is 11.6 Å². The lowest BCUT2D eigenvalue weighted by Crippen LogP contribution is -2.29. The molecule has 1 atom stereocenters. The average Bonchev–Trinajstić information content (AvgIpc) is 2.77. The van der Waals surface area contributed by atoms with Gasteiger partial charge in [-0.25, -0.2) is 4.39 Å². The van der Waals surface area contributed by atoms with Crippen molar-refractivity contribution >= 4 is 17.4 Å². The van der Waals surface area contributed by atoms with Gasteiger partial charge in [-0.05, 0) is 48.0 Å². The van der Waals surface area contributed by atoms with Crippen molar-refractivity contribution in [2.75, 3.05) is 6.54 Å². The van der Waals surface area contributed by atoms with Gasteiger partial charge >= 0.3 is 0 Å². The summed E-state index contributed by atoms with van der Waals surface area (Å²) in [4.78, 5) is 35.5. The Hall–Kier alpha value is -3.91. The Bertz CT molecular complexity index is 1080. The van der Waals surface area contributed by atoms with Crippen molar-refractivity contribution in [1.29, 1.82) is 0 Å². The molecule has 30 heavy (non-hydrogen) atoms. The second-order valence-electron chi connectivity index (χ2n) is 6.46. The number of aliphatic hydroxyl groups is 1. The van der Waals surface area contributed by atoms with Gasteiger partial charge in [-0.15, -0.1) is 0 Å². The molecule has 0 bridgehead atoms. The normalized spacial score (nSPS) is 11.5. The molecule has 0 aromatic heterocycles. The van der Waals surface area contributed by atoms with Crippen LogP contribution in [0.5, 0.6) is 0 Å². The largest absolute Gasteiger partial charge is 0.387 e. The molecule has 2 N–H and O–H groups in total. The number of hydrogen-bond donors (Lipinski definition) is 2. The average molecular weight is 408 g/mol. The van der Waals surface area contributed by atoms with E-state index in [2.05, 4.69) is 5.32 Å². The minimum atomic E-state index is -1.09. The van der Waals surface area contributed by atoms with Gasteiger partial charge in [0.1, 0.15) is 5.82 Å². The fourth-order valence-corrected chi connectivity index (χ4v) is 2.86. The Morgan fingerprint density at radius 3 is 2.17 bits per heavy atom. The van der Waals surface area contributed by atoms with Crippen LogP contribution < -0.4 is 5.32 Å². The lowest BCUT2D eigenvalue weighted by atomic mass is 9.98. The third kappa shape index (κ3) is 4.73. The van der Waals surface area contributed by atoms with Gasteiger partial charge in [-0.3, -0.25) is 19.7 Å². The van der Waals surface area contributed by atoms with E-state index in [-0.39, 0.29) is 28.9 Å². The zero-order chi connectivity index (χ0) is 21.7. The van der Waals surface area contributed by atoms with E-state index in [1.54, 1.807) is 12.1 Å². The van der Waals surface area contributed by atoms with Gasteiger partial charge < -0.3 is 10.4 Å². The zero-order valence-corrected chi connectivity index (χ0v) is 15.6. The summed E-state index contributed by atoms with van der Waals surface area (Å²) in [5.41, 5.74) is 0.788. The standard InChI is InChI=1S/C22H17FN2O5/c23-16-9-5-15(6-10-16)21(27)18-3-1-2-4-19(18)22(28)24-13-20(26)14-7-11-17(12-8-14)25(29)30/h1-12,20,26H,13H2,(H,24,28)/t20-/m0/s1. The fourth-order valence-electron chi connectivity index (χ4n) is 2.86. The van der Waals surface area contributed by atoms with Crippen LogP contribution in [-0.2, 0) is 0 Å². The van der Waals surface area contributed by atoms with Crippen LogP contribution in [0.15, 0.2) is 72.8 Å². The SMILES string of the molecule is O=C(NC[C@H](O)c1ccc([N+](=O)[O-])cc1)c1ccccc1C(=O)c1ccc(F)cc1. The van der Waals surface area contributed by atoms with Crippen molar-refractivity contribution in [3.63, 3.8) is 0 Å². The predicted molar refractivity (Wildman–Crippen MR) is 107 cm³/mol. The number of nitrogens with zero attached hydrogens (tertiary/aromatic N) is 1. The molecule has 3 aromatic carbocycles. The maximum absolute atomic E-state index is 13.1. The third-order valence-corrected chi connectivity index (χ3v) is 4.47. The number of halogens is 1. The molecule has 1 amide bonds. The van der Waals surface area contributed by atoms with Crippen LogP contribution in [-0.4, -0.2) is 28.3 Å². The number of non-ortho nitro benzene ring substituents is 1. The Morgan fingerprint density at radius 2 is 1.57 bits per heavy atom. The molecule has 0 aliphatic heterocycles. The van der Waals surface area contributed by atoms with Crippen molar-refractivity contribution in [3.8, 4) is 0 Å². The molecule has 7 nitrogen and oxygen atoms in total. The summed E-state index contributed by atoms with van der Waals surface area (Å²) in [6, 6.07) is 16.5. The molecule has 0 radical (unpaired) electrons. The minimum absolute atomic E-state index is 0.108. The molecule has 0 aliphatic carbocycles. The van der Waals surface area contributed by atoms with Crippen LogP contribution in [0.3, 0.4) is 0 Å². The maximum Gasteiger partial charge on any atom is 0.269 e. The van der Waals surface area contributed by atoms with Crippen LogP contribution >= 0.6 is 0 Å². The molecular formula is C22H17FN2O5. The molecule has 0 saturated heterocycles. The van der Waals surface area contributed by atoms with Crippen molar-refractivity contribution in [3.05, 3.63) is 111 Å². The number of nitro benzene ring substituents is 1. The van der Waals surface area contributed by atoms with Gasteiger partial charge in [-0.2, -0.15) is 0 Å². The number of amides is 1. The topological polar surface area (TPSA) is 110 Å². The highest BCUT2D eigenvalue weighted by molar-refractivity contribution is 6.15. The van der Waals surface area contributed by atoms with Crippen LogP contribution in [0.1, 0.15) is 37.9 Å². The van der Waals surface area contributed by atoms with Crippen molar-refractivity contribution in [1.82, 2.24) is 5.32 Å². The lowest BCUT2D eigenvalue weighted by Gasteiger charge is -2.14. The number of hydrogen-bond acceptors (Lipinski definition) is 5. The Labute approximate surface area is 170 Å².